The molecule has 1 amide bonds. The molecule has 0 spiro atoms. The first-order valence-electron chi connectivity index (χ1n) is 5.23. The van der Waals surface area contributed by atoms with Crippen LogP contribution in [0.1, 0.15) is 0 Å². The molecular formula is C10H11ClN6O2. The number of carbonyl (C=O) groups is 1. The lowest BCUT2D eigenvalue weighted by Crippen LogP contribution is -2.20. The Hall–Kier alpha value is -2.35. The number of ether oxygens (including phenoxy) is 1. The summed E-state index contributed by atoms with van der Waals surface area (Å²) >= 11 is 5.76. The molecule has 0 unspecified atom stereocenters. The predicted octanol–water partition coefficient (Wildman–Crippen LogP) is 0.556. The Morgan fingerprint density at radius 1 is 1.58 bits per heavy atom. The van der Waals surface area contributed by atoms with Crippen molar-refractivity contribution >= 4 is 29.1 Å². The van der Waals surface area contributed by atoms with Crippen molar-refractivity contribution in [1.82, 2.24) is 19.7 Å². The average Bonchev–Trinajstić information content (AvgIpc) is 2.73. The molecule has 100 valence electrons. The Kier molecular flexibility index (Phi) is 3.81. The fourth-order valence-corrected chi connectivity index (χ4v) is 1.51. The summed E-state index contributed by atoms with van der Waals surface area (Å²) < 4.78 is 6.31. The molecule has 0 radical (unpaired) electrons. The van der Waals surface area contributed by atoms with Crippen molar-refractivity contribution in [2.45, 2.75) is 6.54 Å². The second kappa shape index (κ2) is 5.53. The number of halogens is 1. The third kappa shape index (κ3) is 3.55. The molecule has 2 aromatic heterocycles. The molecule has 9 heteroatoms. The highest BCUT2D eigenvalue weighted by Gasteiger charge is 2.09. The number of nitrogen functional groups attached to an aromatic ring is 1. The molecule has 0 aromatic carbocycles. The van der Waals surface area contributed by atoms with Crippen LogP contribution in [0.2, 0.25) is 5.15 Å². The largest absolute Gasteiger partial charge is 0.481 e. The van der Waals surface area contributed by atoms with E-state index in [2.05, 4.69) is 20.4 Å². The number of anilines is 2. The van der Waals surface area contributed by atoms with Gasteiger partial charge in [0.2, 0.25) is 17.7 Å². The quantitative estimate of drug-likeness (QED) is 0.793. The van der Waals surface area contributed by atoms with Crippen molar-refractivity contribution in [3.8, 4) is 5.88 Å². The number of methoxy groups -OCH3 is 1. The number of hydrogen-bond acceptors (Lipinski definition) is 6. The van der Waals surface area contributed by atoms with Crippen molar-refractivity contribution < 1.29 is 9.53 Å². The third-order valence-electron chi connectivity index (χ3n) is 2.09. The van der Waals surface area contributed by atoms with Gasteiger partial charge in [-0.05, 0) is 0 Å². The van der Waals surface area contributed by atoms with Gasteiger partial charge in [-0.1, -0.05) is 11.6 Å². The summed E-state index contributed by atoms with van der Waals surface area (Å²) in [6.07, 6.45) is 2.99. The smallest absolute Gasteiger partial charge is 0.248 e. The van der Waals surface area contributed by atoms with Crippen LogP contribution in [0.4, 0.5) is 11.6 Å². The van der Waals surface area contributed by atoms with Gasteiger partial charge >= 0.3 is 0 Å². The van der Waals surface area contributed by atoms with E-state index in [1.807, 2.05) is 0 Å². The molecule has 0 aliphatic heterocycles. The molecule has 0 saturated carbocycles. The van der Waals surface area contributed by atoms with Crippen molar-refractivity contribution in [3.05, 3.63) is 23.6 Å². The van der Waals surface area contributed by atoms with Crippen molar-refractivity contribution in [1.29, 1.82) is 0 Å². The number of nitrogens with zero attached hydrogens (tertiary/aromatic N) is 4. The van der Waals surface area contributed by atoms with Crippen LogP contribution in [0.25, 0.3) is 0 Å². The van der Waals surface area contributed by atoms with Crippen LogP contribution in [0.15, 0.2) is 18.5 Å². The highest BCUT2D eigenvalue weighted by Crippen LogP contribution is 2.15. The maximum Gasteiger partial charge on any atom is 0.248 e. The van der Waals surface area contributed by atoms with Gasteiger partial charge in [-0.15, -0.1) is 0 Å². The Balaban J connectivity index is 2.04. The zero-order valence-electron chi connectivity index (χ0n) is 10.00. The zero-order chi connectivity index (χ0) is 13.8. The Bertz CT molecular complexity index is 599. The molecule has 0 aliphatic rings. The summed E-state index contributed by atoms with van der Waals surface area (Å²) in [5.41, 5.74) is 5.97. The first-order chi connectivity index (χ1) is 9.06. The normalized spacial score (nSPS) is 10.2. The number of nitrogens with one attached hydrogen (secondary N) is 1. The molecule has 2 rings (SSSR count). The standard InChI is InChI=1S/C10H11ClN6O2/c1-19-9-2-7(11)14-10(16-9)15-8(18)5-17-4-6(12)3-13-17/h2-4H,5,12H2,1H3,(H,14,15,16,18). The molecule has 0 fully saturated rings. The van der Waals surface area contributed by atoms with Gasteiger partial charge in [-0.2, -0.15) is 10.1 Å². The van der Waals surface area contributed by atoms with Crippen molar-refractivity contribution in [2.75, 3.05) is 18.2 Å². The molecule has 0 bridgehead atoms. The molecule has 2 aromatic rings. The Morgan fingerprint density at radius 3 is 3.00 bits per heavy atom. The summed E-state index contributed by atoms with van der Waals surface area (Å²) in [4.78, 5) is 19.5. The van der Waals surface area contributed by atoms with E-state index in [9.17, 15) is 4.79 Å². The van der Waals surface area contributed by atoms with E-state index in [0.29, 0.717) is 5.69 Å². The van der Waals surface area contributed by atoms with Crippen LogP contribution in [0.3, 0.4) is 0 Å². The summed E-state index contributed by atoms with van der Waals surface area (Å²) in [7, 11) is 1.44. The minimum absolute atomic E-state index is 0.00457. The van der Waals surface area contributed by atoms with E-state index < -0.39 is 0 Å². The van der Waals surface area contributed by atoms with Gasteiger partial charge in [0.05, 0.1) is 19.0 Å². The van der Waals surface area contributed by atoms with Crippen molar-refractivity contribution in [3.63, 3.8) is 0 Å². The van der Waals surface area contributed by atoms with Gasteiger partial charge in [-0.25, -0.2) is 4.98 Å². The second-order valence-electron chi connectivity index (χ2n) is 3.58. The maximum atomic E-state index is 11.7. The topological polar surface area (TPSA) is 108 Å². The number of hydrogen-bond donors (Lipinski definition) is 2. The number of nitrogens with two attached hydrogens (primary N) is 1. The Labute approximate surface area is 113 Å². The maximum absolute atomic E-state index is 11.7. The van der Waals surface area contributed by atoms with Crippen LogP contribution >= 0.6 is 11.6 Å². The number of carbonyl (C=O) groups excluding carboxylic acids is 1. The van der Waals surface area contributed by atoms with Crippen LogP contribution < -0.4 is 15.8 Å². The zero-order valence-corrected chi connectivity index (χ0v) is 10.8. The second-order valence-corrected chi connectivity index (χ2v) is 3.96. The fourth-order valence-electron chi connectivity index (χ4n) is 1.33. The van der Waals surface area contributed by atoms with Crippen LogP contribution in [-0.2, 0) is 11.3 Å². The Morgan fingerprint density at radius 2 is 2.37 bits per heavy atom. The minimum atomic E-state index is -0.354. The molecule has 0 saturated heterocycles. The predicted molar refractivity (Wildman–Crippen MR) is 68.9 cm³/mol. The fraction of sp³-hybridized carbons (Fsp3) is 0.200. The molecule has 8 nitrogen and oxygen atoms in total. The lowest BCUT2D eigenvalue weighted by atomic mass is 10.5. The van der Waals surface area contributed by atoms with E-state index in [4.69, 9.17) is 22.1 Å². The number of amides is 1. The van der Waals surface area contributed by atoms with Gasteiger partial charge in [-0.3, -0.25) is 14.8 Å². The number of rotatable bonds is 4. The van der Waals surface area contributed by atoms with Gasteiger partial charge < -0.3 is 10.5 Å². The summed E-state index contributed by atoms with van der Waals surface area (Å²) in [5.74, 6) is -0.0273. The van der Waals surface area contributed by atoms with Crippen LogP contribution in [0, 0.1) is 0 Å². The molecule has 19 heavy (non-hydrogen) atoms. The van der Waals surface area contributed by atoms with E-state index in [1.54, 1.807) is 6.20 Å². The average molecular weight is 283 g/mol. The van der Waals surface area contributed by atoms with E-state index in [-0.39, 0.29) is 29.4 Å². The van der Waals surface area contributed by atoms with Gasteiger partial charge in [0, 0.05) is 12.3 Å². The third-order valence-corrected chi connectivity index (χ3v) is 2.28. The molecule has 2 heterocycles. The summed E-state index contributed by atoms with van der Waals surface area (Å²) in [6, 6.07) is 1.44. The van der Waals surface area contributed by atoms with Gasteiger partial charge in [0.25, 0.3) is 0 Å². The molecule has 3 N–H and O–H groups in total. The summed E-state index contributed by atoms with van der Waals surface area (Å²) in [5, 5.41) is 6.55. The highest BCUT2D eigenvalue weighted by molar-refractivity contribution is 6.29. The lowest BCUT2D eigenvalue weighted by Gasteiger charge is -2.05. The summed E-state index contributed by atoms with van der Waals surface area (Å²) in [6.45, 7) is -0.00457. The first kappa shape index (κ1) is 13.1. The monoisotopic (exact) mass is 282 g/mol. The minimum Gasteiger partial charge on any atom is -0.481 e. The van der Waals surface area contributed by atoms with E-state index in [1.165, 1.54) is 24.1 Å². The van der Waals surface area contributed by atoms with Gasteiger partial charge in [0.1, 0.15) is 11.7 Å². The van der Waals surface area contributed by atoms with Crippen molar-refractivity contribution in [2.24, 2.45) is 0 Å². The van der Waals surface area contributed by atoms with E-state index >= 15 is 0 Å². The van der Waals surface area contributed by atoms with Gasteiger partial charge in [0.15, 0.2) is 0 Å². The SMILES string of the molecule is COc1cc(Cl)nc(NC(=O)Cn2cc(N)cn2)n1. The first-order valence-corrected chi connectivity index (χ1v) is 5.61. The highest BCUT2D eigenvalue weighted by atomic mass is 35.5. The van der Waals surface area contributed by atoms with E-state index in [0.717, 1.165) is 0 Å². The molecule has 0 atom stereocenters. The molecule has 0 aliphatic carbocycles. The molecular weight excluding hydrogens is 272 g/mol. The number of aromatic nitrogens is 4. The lowest BCUT2D eigenvalue weighted by molar-refractivity contribution is -0.116. The van der Waals surface area contributed by atoms with Crippen LogP contribution in [0.5, 0.6) is 5.88 Å². The van der Waals surface area contributed by atoms with Crippen LogP contribution in [-0.4, -0.2) is 32.8 Å².